The van der Waals surface area contributed by atoms with Crippen molar-refractivity contribution in [2.24, 2.45) is 0 Å². The minimum absolute atomic E-state index is 0.369. The summed E-state index contributed by atoms with van der Waals surface area (Å²) in [5.74, 6) is -1.13. The second-order valence-corrected chi connectivity index (χ2v) is 1.39. The predicted octanol–water partition coefficient (Wildman–Crippen LogP) is -1.60. The molecule has 0 aliphatic carbocycles. The van der Waals surface area contributed by atoms with E-state index in [0.29, 0.717) is 0 Å². The third kappa shape index (κ3) is 7.35. The first kappa shape index (κ1) is 8.35. The maximum atomic E-state index is 9.69. The van der Waals surface area contributed by atoms with Crippen molar-refractivity contribution < 1.29 is 24.9 Å². The van der Waals surface area contributed by atoms with Gasteiger partial charge in [0.2, 0.25) is 0 Å². The van der Waals surface area contributed by atoms with E-state index in [-0.39, 0.29) is 6.61 Å². The molecule has 0 fully saturated rings. The number of carboxylic acid groups (broad SMARTS) is 1. The standard InChI is InChI=1S/C4H8O5/c5-3(6)1-9-2-4(7)8/h3,5-6H,1-2H2,(H,7,8). The summed E-state index contributed by atoms with van der Waals surface area (Å²) >= 11 is 0. The maximum Gasteiger partial charge on any atom is 0.329 e. The molecule has 0 aromatic rings. The van der Waals surface area contributed by atoms with E-state index >= 15 is 0 Å². The summed E-state index contributed by atoms with van der Waals surface area (Å²) in [4.78, 5) is 9.69. The monoisotopic (exact) mass is 136 g/mol. The minimum Gasteiger partial charge on any atom is -0.480 e. The van der Waals surface area contributed by atoms with Gasteiger partial charge in [-0.25, -0.2) is 4.79 Å². The van der Waals surface area contributed by atoms with Crippen LogP contribution in [0.2, 0.25) is 0 Å². The highest BCUT2D eigenvalue weighted by atomic mass is 16.5. The van der Waals surface area contributed by atoms with Crippen LogP contribution in [0.1, 0.15) is 0 Å². The highest BCUT2D eigenvalue weighted by molar-refractivity contribution is 5.67. The Morgan fingerprint density at radius 3 is 2.44 bits per heavy atom. The molecule has 0 saturated heterocycles. The molecule has 0 aromatic heterocycles. The minimum atomic E-state index is -1.59. The first-order valence-electron chi connectivity index (χ1n) is 2.28. The number of aliphatic hydroxyl groups excluding tert-OH is 1. The van der Waals surface area contributed by atoms with Crippen LogP contribution in [0, 0.1) is 0 Å². The van der Waals surface area contributed by atoms with Crippen molar-refractivity contribution >= 4 is 5.97 Å². The number of carboxylic acids is 1. The summed E-state index contributed by atoms with van der Waals surface area (Å²) in [7, 11) is 0. The summed E-state index contributed by atoms with van der Waals surface area (Å²) in [6.45, 7) is -0.871. The van der Waals surface area contributed by atoms with Gasteiger partial charge in [0, 0.05) is 0 Å². The Morgan fingerprint density at radius 1 is 1.56 bits per heavy atom. The molecular weight excluding hydrogens is 128 g/mol. The molecule has 0 atom stereocenters. The highest BCUT2D eigenvalue weighted by Crippen LogP contribution is 1.78. The molecule has 0 rings (SSSR count). The van der Waals surface area contributed by atoms with Crippen molar-refractivity contribution in [2.75, 3.05) is 13.2 Å². The number of aliphatic hydroxyl groups is 2. The Kier molecular flexibility index (Phi) is 3.94. The molecule has 0 heterocycles. The SMILES string of the molecule is O=C(O)COCC(O)O. The van der Waals surface area contributed by atoms with Gasteiger partial charge in [-0.2, -0.15) is 0 Å². The molecule has 5 heteroatoms. The van der Waals surface area contributed by atoms with E-state index in [4.69, 9.17) is 15.3 Å². The Balaban J connectivity index is 3.01. The van der Waals surface area contributed by atoms with Crippen molar-refractivity contribution in [3.05, 3.63) is 0 Å². The van der Waals surface area contributed by atoms with Crippen molar-refractivity contribution in [3.63, 3.8) is 0 Å². The lowest BCUT2D eigenvalue weighted by Crippen LogP contribution is -2.17. The average molecular weight is 136 g/mol. The van der Waals surface area contributed by atoms with E-state index in [1.165, 1.54) is 0 Å². The topological polar surface area (TPSA) is 87.0 Å². The van der Waals surface area contributed by atoms with Gasteiger partial charge in [-0.3, -0.25) is 0 Å². The molecular formula is C4H8O5. The van der Waals surface area contributed by atoms with E-state index in [0.717, 1.165) is 0 Å². The Morgan fingerprint density at radius 2 is 2.11 bits per heavy atom. The van der Waals surface area contributed by atoms with Crippen LogP contribution < -0.4 is 0 Å². The van der Waals surface area contributed by atoms with Crippen LogP contribution in [0.3, 0.4) is 0 Å². The molecule has 9 heavy (non-hydrogen) atoms. The molecule has 0 aliphatic rings. The molecule has 0 aromatic carbocycles. The van der Waals surface area contributed by atoms with Crippen LogP contribution in [0.25, 0.3) is 0 Å². The van der Waals surface area contributed by atoms with E-state index in [1.807, 2.05) is 0 Å². The lowest BCUT2D eigenvalue weighted by atomic mass is 10.7. The van der Waals surface area contributed by atoms with Crippen molar-refractivity contribution in [1.82, 2.24) is 0 Å². The highest BCUT2D eigenvalue weighted by Gasteiger charge is 1.99. The number of ether oxygens (including phenoxy) is 1. The van der Waals surface area contributed by atoms with Gasteiger partial charge in [-0.05, 0) is 0 Å². The van der Waals surface area contributed by atoms with Crippen LogP contribution in [0.5, 0.6) is 0 Å². The van der Waals surface area contributed by atoms with Crippen molar-refractivity contribution in [2.45, 2.75) is 6.29 Å². The third-order valence-corrected chi connectivity index (χ3v) is 0.492. The predicted molar refractivity (Wildman–Crippen MR) is 26.7 cm³/mol. The number of rotatable bonds is 4. The summed E-state index contributed by atoms with van der Waals surface area (Å²) in [6, 6.07) is 0. The first-order valence-corrected chi connectivity index (χ1v) is 2.28. The lowest BCUT2D eigenvalue weighted by Gasteiger charge is -2.00. The van der Waals surface area contributed by atoms with E-state index < -0.39 is 18.9 Å². The van der Waals surface area contributed by atoms with E-state index in [2.05, 4.69) is 4.74 Å². The first-order chi connectivity index (χ1) is 4.13. The van der Waals surface area contributed by atoms with Gasteiger partial charge in [-0.1, -0.05) is 0 Å². The molecule has 54 valence electrons. The van der Waals surface area contributed by atoms with Crippen LogP contribution in [-0.4, -0.2) is 40.8 Å². The molecule has 0 spiro atoms. The molecule has 0 amide bonds. The van der Waals surface area contributed by atoms with Crippen molar-refractivity contribution in [3.8, 4) is 0 Å². The number of carbonyl (C=O) groups is 1. The van der Waals surface area contributed by atoms with Gasteiger partial charge in [0.15, 0.2) is 6.29 Å². The van der Waals surface area contributed by atoms with Gasteiger partial charge in [0.25, 0.3) is 0 Å². The quantitative estimate of drug-likeness (QED) is 0.405. The third-order valence-electron chi connectivity index (χ3n) is 0.492. The smallest absolute Gasteiger partial charge is 0.329 e. The van der Waals surface area contributed by atoms with Gasteiger partial charge < -0.3 is 20.1 Å². The van der Waals surface area contributed by atoms with Gasteiger partial charge in [0.1, 0.15) is 6.61 Å². The lowest BCUT2D eigenvalue weighted by molar-refractivity contribution is -0.147. The molecule has 0 aliphatic heterocycles. The average Bonchev–Trinajstić information content (AvgIpc) is 1.63. The molecule has 0 radical (unpaired) electrons. The molecule has 0 bridgehead atoms. The number of aliphatic carboxylic acids is 1. The Hall–Kier alpha value is -0.650. The molecule has 0 unspecified atom stereocenters. The second-order valence-electron chi connectivity index (χ2n) is 1.39. The summed E-state index contributed by atoms with van der Waals surface area (Å²) in [6.07, 6.45) is -1.59. The largest absolute Gasteiger partial charge is 0.480 e. The zero-order chi connectivity index (χ0) is 7.28. The van der Waals surface area contributed by atoms with Crippen LogP contribution in [0.15, 0.2) is 0 Å². The Bertz CT molecular complexity index is 89.0. The molecule has 5 nitrogen and oxygen atoms in total. The summed E-state index contributed by atoms with van der Waals surface area (Å²) in [5, 5.41) is 24.1. The molecule has 0 saturated carbocycles. The fourth-order valence-electron chi connectivity index (χ4n) is 0.252. The normalized spacial score (nSPS) is 10.1. The number of hydrogen-bond acceptors (Lipinski definition) is 4. The van der Waals surface area contributed by atoms with Crippen LogP contribution >= 0.6 is 0 Å². The van der Waals surface area contributed by atoms with E-state index in [9.17, 15) is 4.79 Å². The zero-order valence-corrected chi connectivity index (χ0v) is 4.65. The summed E-state index contributed by atoms with van der Waals surface area (Å²) < 4.78 is 4.26. The number of hydrogen-bond donors (Lipinski definition) is 3. The Labute approximate surface area is 51.5 Å². The van der Waals surface area contributed by atoms with E-state index in [1.54, 1.807) is 0 Å². The fraction of sp³-hybridized carbons (Fsp3) is 0.750. The maximum absolute atomic E-state index is 9.69. The van der Waals surface area contributed by atoms with Gasteiger partial charge >= 0.3 is 5.97 Å². The van der Waals surface area contributed by atoms with Gasteiger partial charge in [-0.15, -0.1) is 0 Å². The van der Waals surface area contributed by atoms with Gasteiger partial charge in [0.05, 0.1) is 6.61 Å². The zero-order valence-electron chi connectivity index (χ0n) is 4.65. The summed E-state index contributed by atoms with van der Waals surface area (Å²) in [5.41, 5.74) is 0. The fourth-order valence-corrected chi connectivity index (χ4v) is 0.252. The molecule has 3 N–H and O–H groups in total. The second kappa shape index (κ2) is 4.25. The van der Waals surface area contributed by atoms with Crippen molar-refractivity contribution in [1.29, 1.82) is 0 Å². The van der Waals surface area contributed by atoms with Crippen LogP contribution in [0.4, 0.5) is 0 Å². The van der Waals surface area contributed by atoms with Crippen LogP contribution in [-0.2, 0) is 9.53 Å².